The minimum absolute atomic E-state index is 0.0532. The fourth-order valence-corrected chi connectivity index (χ4v) is 6.65. The van der Waals surface area contributed by atoms with Gasteiger partial charge in [0.15, 0.2) is 5.16 Å². The first kappa shape index (κ1) is 26.4. The number of aryl methyl sites for hydroxylation is 2. The molecule has 1 aliphatic carbocycles. The Labute approximate surface area is 231 Å². The van der Waals surface area contributed by atoms with Gasteiger partial charge in [-0.1, -0.05) is 29.4 Å². The van der Waals surface area contributed by atoms with Crippen LogP contribution in [0.15, 0.2) is 57.5 Å². The van der Waals surface area contributed by atoms with Gasteiger partial charge in [-0.05, 0) is 74.6 Å². The van der Waals surface area contributed by atoms with Crippen LogP contribution >= 0.6 is 34.7 Å². The van der Waals surface area contributed by atoms with Crippen molar-refractivity contribution in [1.82, 2.24) is 15.0 Å². The minimum atomic E-state index is -0.541. The third-order valence-electron chi connectivity index (χ3n) is 6.08. The van der Waals surface area contributed by atoms with Crippen LogP contribution in [0.2, 0.25) is 5.02 Å². The van der Waals surface area contributed by atoms with Crippen LogP contribution in [-0.2, 0) is 17.6 Å². The van der Waals surface area contributed by atoms with Gasteiger partial charge in [0.05, 0.1) is 34.7 Å². The molecule has 2 heterocycles. The van der Waals surface area contributed by atoms with Crippen molar-refractivity contribution in [3.63, 3.8) is 0 Å². The van der Waals surface area contributed by atoms with Gasteiger partial charge in [0.1, 0.15) is 16.4 Å². The van der Waals surface area contributed by atoms with E-state index in [0.29, 0.717) is 33.4 Å². The van der Waals surface area contributed by atoms with Crippen molar-refractivity contribution in [3.05, 3.63) is 79.7 Å². The number of amides is 1. The number of hydrogen-bond donors (Lipinski definition) is 1. The summed E-state index contributed by atoms with van der Waals surface area (Å²) in [5.41, 5.74) is 4.06. The molecule has 0 saturated carbocycles. The van der Waals surface area contributed by atoms with Crippen molar-refractivity contribution in [3.8, 4) is 11.4 Å². The second-order valence-electron chi connectivity index (χ2n) is 8.57. The second kappa shape index (κ2) is 11.7. The van der Waals surface area contributed by atoms with E-state index in [1.165, 1.54) is 23.1 Å². The average Bonchev–Trinajstić information content (AvgIpc) is 3.29. The van der Waals surface area contributed by atoms with E-state index < -0.39 is 11.7 Å². The number of nitrogens with zero attached hydrogens (tertiary/aromatic N) is 3. The van der Waals surface area contributed by atoms with E-state index >= 15 is 0 Å². The number of carbonyl (C=O) groups is 1. The van der Waals surface area contributed by atoms with E-state index in [9.17, 15) is 14.0 Å². The van der Waals surface area contributed by atoms with Gasteiger partial charge in [0.2, 0.25) is 0 Å². The molecule has 0 saturated heterocycles. The molecule has 196 valence electrons. The molecule has 4 aromatic rings. The van der Waals surface area contributed by atoms with Gasteiger partial charge in [0, 0.05) is 10.4 Å². The molecule has 7 nitrogen and oxygen atoms in total. The summed E-state index contributed by atoms with van der Waals surface area (Å²) in [4.78, 5) is 33.1. The first-order valence-electron chi connectivity index (χ1n) is 12.2. The van der Waals surface area contributed by atoms with Crippen molar-refractivity contribution >= 4 is 57.0 Å². The summed E-state index contributed by atoms with van der Waals surface area (Å²) in [5.74, 6) is -0.326. The van der Waals surface area contributed by atoms with E-state index in [-0.39, 0.29) is 21.9 Å². The lowest BCUT2D eigenvalue weighted by atomic mass is 9.97. The lowest BCUT2D eigenvalue weighted by Gasteiger charge is -2.14. The Morgan fingerprint density at radius 2 is 2.05 bits per heavy atom. The average molecular weight is 571 g/mol. The summed E-state index contributed by atoms with van der Waals surface area (Å²) >= 11 is 8.69. The van der Waals surface area contributed by atoms with Gasteiger partial charge in [-0.25, -0.2) is 14.8 Å². The van der Waals surface area contributed by atoms with Crippen LogP contribution in [0.1, 0.15) is 35.8 Å². The molecule has 38 heavy (non-hydrogen) atoms. The summed E-state index contributed by atoms with van der Waals surface area (Å²) in [6, 6.07) is 11.5. The number of fused-ring (bicyclic) bond motifs is 3. The number of aromatic nitrogens is 2. The fraction of sp³-hybridized carbons (Fsp3) is 0.259. The molecular formula is C27H24ClFN4O3S2. The molecule has 1 N–H and O–H groups in total. The number of thioether (sulfide) groups is 1. The van der Waals surface area contributed by atoms with Gasteiger partial charge in [-0.2, -0.15) is 5.10 Å². The number of ether oxygens (including phenoxy) is 1. The van der Waals surface area contributed by atoms with E-state index in [1.54, 1.807) is 15.9 Å². The molecule has 0 bridgehead atoms. The largest absolute Gasteiger partial charge is 0.494 e. The maximum absolute atomic E-state index is 13.9. The molecule has 0 atom stereocenters. The SMILES string of the molecule is CCOc1ccc(-n2c(SCC(=O)NN=Cc3c(F)cccc3Cl)nc3sc4c(c3c2=O)CCCC4)cc1. The van der Waals surface area contributed by atoms with Gasteiger partial charge in [-0.15, -0.1) is 11.3 Å². The zero-order chi connectivity index (χ0) is 26.6. The maximum Gasteiger partial charge on any atom is 0.267 e. The lowest BCUT2D eigenvalue weighted by molar-refractivity contribution is -0.118. The molecule has 0 spiro atoms. The van der Waals surface area contributed by atoms with E-state index in [4.69, 9.17) is 21.3 Å². The van der Waals surface area contributed by atoms with Gasteiger partial charge >= 0.3 is 0 Å². The predicted molar refractivity (Wildman–Crippen MR) is 151 cm³/mol. The van der Waals surface area contributed by atoms with Crippen LogP contribution < -0.4 is 15.7 Å². The highest BCUT2D eigenvalue weighted by molar-refractivity contribution is 7.99. The summed E-state index contributed by atoms with van der Waals surface area (Å²) in [6.45, 7) is 2.44. The van der Waals surface area contributed by atoms with Crippen LogP contribution in [0, 0.1) is 5.82 Å². The highest BCUT2D eigenvalue weighted by atomic mass is 35.5. The summed E-state index contributed by atoms with van der Waals surface area (Å²) < 4.78 is 21.0. The first-order chi connectivity index (χ1) is 18.5. The van der Waals surface area contributed by atoms with E-state index in [1.807, 2.05) is 31.2 Å². The number of hydrazone groups is 1. The van der Waals surface area contributed by atoms with E-state index in [0.717, 1.165) is 49.2 Å². The van der Waals surface area contributed by atoms with E-state index in [2.05, 4.69) is 10.5 Å². The minimum Gasteiger partial charge on any atom is -0.494 e. The van der Waals surface area contributed by atoms with Crippen molar-refractivity contribution in [2.45, 2.75) is 37.8 Å². The molecule has 1 aliphatic rings. The fourth-order valence-electron chi connectivity index (χ4n) is 4.33. The Hall–Kier alpha value is -3.21. The van der Waals surface area contributed by atoms with Crippen LogP contribution in [-0.4, -0.2) is 34.0 Å². The molecule has 2 aromatic carbocycles. The lowest BCUT2D eigenvalue weighted by Crippen LogP contribution is -2.24. The molecule has 5 rings (SSSR count). The number of nitrogens with one attached hydrogen (secondary N) is 1. The Morgan fingerprint density at radius 3 is 2.82 bits per heavy atom. The summed E-state index contributed by atoms with van der Waals surface area (Å²) in [7, 11) is 0. The molecule has 0 radical (unpaired) electrons. The van der Waals surface area contributed by atoms with Crippen molar-refractivity contribution in [2.24, 2.45) is 5.10 Å². The third kappa shape index (κ3) is 5.48. The van der Waals surface area contributed by atoms with Gasteiger partial charge < -0.3 is 4.74 Å². The smallest absolute Gasteiger partial charge is 0.267 e. The number of rotatable bonds is 8. The van der Waals surface area contributed by atoms with Crippen molar-refractivity contribution in [1.29, 1.82) is 0 Å². The second-order valence-corrected chi connectivity index (χ2v) is 11.0. The first-order valence-corrected chi connectivity index (χ1v) is 14.3. The van der Waals surface area contributed by atoms with Crippen LogP contribution in [0.4, 0.5) is 4.39 Å². The highest BCUT2D eigenvalue weighted by Crippen LogP contribution is 2.35. The standard InChI is InChI=1S/C27H24ClFN4O3S2/c1-2-36-17-12-10-16(11-13-17)33-26(35)24-18-6-3-4-9-22(18)38-25(24)31-27(33)37-15-23(34)32-30-14-19-20(28)7-5-8-21(19)29/h5,7-8,10-14H,2-4,6,9,15H2,1H3,(H,32,34). The molecule has 1 amide bonds. The molecule has 0 fully saturated rings. The monoisotopic (exact) mass is 570 g/mol. The molecule has 0 aliphatic heterocycles. The Morgan fingerprint density at radius 1 is 1.26 bits per heavy atom. The van der Waals surface area contributed by atoms with Crippen molar-refractivity contribution in [2.75, 3.05) is 12.4 Å². The number of halogens is 2. The Bertz CT molecular complexity index is 1560. The number of carbonyl (C=O) groups excluding carboxylic acids is 1. The maximum atomic E-state index is 13.9. The quantitative estimate of drug-likeness (QED) is 0.126. The number of hydrogen-bond acceptors (Lipinski definition) is 7. The zero-order valence-corrected chi connectivity index (χ0v) is 22.9. The zero-order valence-electron chi connectivity index (χ0n) is 20.5. The van der Waals surface area contributed by atoms with Crippen LogP contribution in [0.3, 0.4) is 0 Å². The number of benzene rings is 2. The van der Waals surface area contributed by atoms with Gasteiger partial charge in [-0.3, -0.25) is 14.2 Å². The predicted octanol–water partition coefficient (Wildman–Crippen LogP) is 5.76. The normalized spacial score (nSPS) is 13.1. The topological polar surface area (TPSA) is 85.6 Å². The number of thiophene rings is 1. The van der Waals surface area contributed by atoms with Crippen molar-refractivity contribution < 1.29 is 13.9 Å². The highest BCUT2D eigenvalue weighted by Gasteiger charge is 2.23. The van der Waals surface area contributed by atoms with Gasteiger partial charge in [0.25, 0.3) is 11.5 Å². The summed E-state index contributed by atoms with van der Waals surface area (Å²) in [6.07, 6.45) is 5.14. The molecule has 0 unspecified atom stereocenters. The molecule has 11 heteroatoms. The van der Waals surface area contributed by atoms with Crippen LogP contribution in [0.25, 0.3) is 15.9 Å². The Kier molecular flexibility index (Phi) is 8.11. The summed E-state index contributed by atoms with van der Waals surface area (Å²) in [5, 5.41) is 5.09. The molecular weight excluding hydrogens is 547 g/mol. The Balaban J connectivity index is 1.43. The van der Waals surface area contributed by atoms with Crippen LogP contribution in [0.5, 0.6) is 5.75 Å². The third-order valence-corrected chi connectivity index (χ3v) is 8.53. The molecule has 2 aromatic heterocycles.